The molecular formula is C8H9F3N2O4S. The zero-order valence-electron chi connectivity index (χ0n) is 8.86. The molecule has 0 aliphatic carbocycles. The number of thioether (sulfide) groups is 1. The average molecular weight is 286 g/mol. The minimum Gasteiger partial charge on any atom is -0.480 e. The maximum atomic E-state index is 12.2. The molecule has 6 nitrogen and oxygen atoms in total. The van der Waals surface area contributed by atoms with E-state index in [1.165, 1.54) is 0 Å². The van der Waals surface area contributed by atoms with E-state index in [-0.39, 0.29) is 10.7 Å². The zero-order chi connectivity index (χ0) is 13.9. The summed E-state index contributed by atoms with van der Waals surface area (Å²) in [6.07, 6.45) is -4.69. The average Bonchev–Trinajstić information content (AvgIpc) is 2.59. The summed E-state index contributed by atoms with van der Waals surface area (Å²) in [7, 11) is 0. The molecule has 0 aromatic heterocycles. The van der Waals surface area contributed by atoms with E-state index >= 15 is 0 Å². The lowest BCUT2D eigenvalue weighted by atomic mass is 10.3. The van der Waals surface area contributed by atoms with Crippen LogP contribution in [0.2, 0.25) is 0 Å². The van der Waals surface area contributed by atoms with Crippen LogP contribution in [0.5, 0.6) is 0 Å². The van der Waals surface area contributed by atoms with Crippen LogP contribution >= 0.6 is 11.8 Å². The summed E-state index contributed by atoms with van der Waals surface area (Å²) >= 11 is 0.762. The van der Waals surface area contributed by atoms with Crippen LogP contribution in [0.25, 0.3) is 0 Å². The maximum absolute atomic E-state index is 12.2. The molecule has 1 rings (SSSR count). The van der Waals surface area contributed by atoms with E-state index in [1.807, 2.05) is 0 Å². The summed E-state index contributed by atoms with van der Waals surface area (Å²) in [6, 6.07) is -1.11. The molecule has 1 atom stereocenters. The number of nitrogens with one attached hydrogen (secondary N) is 1. The van der Waals surface area contributed by atoms with Crippen molar-refractivity contribution >= 4 is 28.9 Å². The molecule has 0 saturated carbocycles. The summed E-state index contributed by atoms with van der Waals surface area (Å²) < 4.78 is 36.6. The number of carboxylic acids is 1. The van der Waals surface area contributed by atoms with Gasteiger partial charge in [0.05, 0.1) is 0 Å². The van der Waals surface area contributed by atoms with Gasteiger partial charge in [-0.05, 0) is 0 Å². The number of halogens is 3. The highest BCUT2D eigenvalue weighted by molar-refractivity contribution is 8.14. The van der Waals surface area contributed by atoms with Crippen LogP contribution < -0.4 is 5.32 Å². The van der Waals surface area contributed by atoms with Crippen molar-refractivity contribution < 1.29 is 32.7 Å². The van der Waals surface area contributed by atoms with Gasteiger partial charge in [0.2, 0.25) is 5.91 Å². The predicted molar refractivity (Wildman–Crippen MR) is 55.0 cm³/mol. The molecule has 0 radical (unpaired) electrons. The van der Waals surface area contributed by atoms with E-state index in [0.29, 0.717) is 0 Å². The van der Waals surface area contributed by atoms with Crippen molar-refractivity contribution in [1.29, 1.82) is 0 Å². The van der Waals surface area contributed by atoms with Crippen LogP contribution in [0.4, 0.5) is 18.0 Å². The molecule has 1 fully saturated rings. The van der Waals surface area contributed by atoms with Gasteiger partial charge >= 0.3 is 12.1 Å². The molecule has 0 aromatic rings. The van der Waals surface area contributed by atoms with Crippen molar-refractivity contribution in [3.8, 4) is 0 Å². The zero-order valence-corrected chi connectivity index (χ0v) is 9.68. The van der Waals surface area contributed by atoms with Crippen LogP contribution in [0.15, 0.2) is 0 Å². The Bertz CT molecular complexity index is 374. The van der Waals surface area contributed by atoms with Gasteiger partial charge < -0.3 is 15.3 Å². The summed E-state index contributed by atoms with van der Waals surface area (Å²) in [5, 5.41) is 10.1. The Kier molecular flexibility index (Phi) is 4.43. The van der Waals surface area contributed by atoms with E-state index in [0.717, 1.165) is 11.8 Å². The second-order valence-electron chi connectivity index (χ2n) is 3.50. The van der Waals surface area contributed by atoms with Gasteiger partial charge in [0.1, 0.15) is 19.1 Å². The smallest absolute Gasteiger partial charge is 0.406 e. The monoisotopic (exact) mass is 286 g/mol. The van der Waals surface area contributed by atoms with Gasteiger partial charge in [-0.2, -0.15) is 13.2 Å². The number of nitrogens with zero attached hydrogens (tertiary/aromatic N) is 1. The van der Waals surface area contributed by atoms with Crippen molar-refractivity contribution in [2.75, 3.05) is 18.8 Å². The van der Waals surface area contributed by atoms with Gasteiger partial charge in [0, 0.05) is 5.75 Å². The van der Waals surface area contributed by atoms with Gasteiger partial charge in [-0.15, -0.1) is 0 Å². The standard InChI is InChI=1S/C8H9F3N2O4S/c9-8(10,11)3-13(1-5(14)15)6(16)4-2-18-7(17)12-4/h4H,1-3H2,(H,12,17)(H,14,15). The molecular weight excluding hydrogens is 277 g/mol. The molecule has 1 aliphatic heterocycles. The van der Waals surface area contributed by atoms with Crippen LogP contribution in [0, 0.1) is 0 Å². The number of amides is 2. The molecule has 1 saturated heterocycles. The van der Waals surface area contributed by atoms with E-state index < -0.39 is 42.4 Å². The minimum absolute atomic E-state index is 0.00829. The fourth-order valence-corrected chi connectivity index (χ4v) is 2.10. The molecule has 2 amide bonds. The highest BCUT2D eigenvalue weighted by atomic mass is 32.2. The molecule has 0 spiro atoms. The van der Waals surface area contributed by atoms with E-state index in [1.54, 1.807) is 0 Å². The quantitative estimate of drug-likeness (QED) is 0.775. The van der Waals surface area contributed by atoms with E-state index in [2.05, 4.69) is 5.32 Å². The van der Waals surface area contributed by atoms with Crippen molar-refractivity contribution in [3.63, 3.8) is 0 Å². The highest BCUT2D eigenvalue weighted by Gasteiger charge is 2.38. The molecule has 1 unspecified atom stereocenters. The number of alkyl halides is 3. The lowest BCUT2D eigenvalue weighted by molar-refractivity contribution is -0.166. The molecule has 2 N–H and O–H groups in total. The van der Waals surface area contributed by atoms with Crippen molar-refractivity contribution in [3.05, 3.63) is 0 Å². The van der Waals surface area contributed by atoms with Gasteiger partial charge in [0.25, 0.3) is 5.24 Å². The fraction of sp³-hybridized carbons (Fsp3) is 0.625. The molecule has 10 heteroatoms. The van der Waals surface area contributed by atoms with Crippen LogP contribution in [-0.2, 0) is 9.59 Å². The second kappa shape index (κ2) is 5.46. The fourth-order valence-electron chi connectivity index (χ4n) is 1.33. The van der Waals surface area contributed by atoms with Crippen molar-refractivity contribution in [2.45, 2.75) is 12.2 Å². The van der Waals surface area contributed by atoms with Crippen LogP contribution in [0.3, 0.4) is 0 Å². The first-order valence-corrected chi connectivity index (χ1v) is 5.68. The Labute approximate surface area is 103 Å². The number of hydrogen-bond donors (Lipinski definition) is 2. The van der Waals surface area contributed by atoms with Crippen LogP contribution in [0.1, 0.15) is 0 Å². The molecule has 0 bridgehead atoms. The molecule has 1 aliphatic rings. The number of hydrogen-bond acceptors (Lipinski definition) is 4. The molecule has 0 aromatic carbocycles. The SMILES string of the molecule is O=C(O)CN(CC(F)(F)F)C(=O)C1CSC(=O)N1. The minimum atomic E-state index is -4.69. The largest absolute Gasteiger partial charge is 0.480 e. The molecule has 1 heterocycles. The third-order valence-corrected chi connectivity index (χ3v) is 2.86. The van der Waals surface area contributed by atoms with E-state index in [9.17, 15) is 27.6 Å². The van der Waals surface area contributed by atoms with Crippen LogP contribution in [-0.4, -0.2) is 58.2 Å². The summed E-state index contributed by atoms with van der Waals surface area (Å²) in [6.45, 7) is -2.72. The highest BCUT2D eigenvalue weighted by Crippen LogP contribution is 2.19. The summed E-state index contributed by atoms with van der Waals surface area (Å²) in [4.78, 5) is 33.1. The van der Waals surface area contributed by atoms with Crippen molar-refractivity contribution in [2.24, 2.45) is 0 Å². The lowest BCUT2D eigenvalue weighted by Crippen LogP contribution is -2.50. The number of carbonyl (C=O) groups excluding carboxylic acids is 2. The summed E-state index contributed by atoms with van der Waals surface area (Å²) in [5.41, 5.74) is 0. The lowest BCUT2D eigenvalue weighted by Gasteiger charge is -2.24. The Morgan fingerprint density at radius 1 is 1.50 bits per heavy atom. The Morgan fingerprint density at radius 2 is 2.11 bits per heavy atom. The Morgan fingerprint density at radius 3 is 2.50 bits per heavy atom. The van der Waals surface area contributed by atoms with Gasteiger partial charge in [-0.1, -0.05) is 11.8 Å². The number of rotatable bonds is 4. The number of carbonyl (C=O) groups is 3. The third kappa shape index (κ3) is 4.43. The number of aliphatic carboxylic acids is 1. The normalized spacial score (nSPS) is 19.5. The predicted octanol–water partition coefficient (Wildman–Crippen LogP) is 0.287. The van der Waals surface area contributed by atoms with Gasteiger partial charge in [0.15, 0.2) is 0 Å². The third-order valence-electron chi connectivity index (χ3n) is 1.98. The first-order chi connectivity index (χ1) is 8.19. The van der Waals surface area contributed by atoms with Gasteiger partial charge in [-0.3, -0.25) is 14.4 Å². The maximum Gasteiger partial charge on any atom is 0.406 e. The van der Waals surface area contributed by atoms with Gasteiger partial charge in [-0.25, -0.2) is 0 Å². The van der Waals surface area contributed by atoms with Crippen molar-refractivity contribution in [1.82, 2.24) is 10.2 Å². The second-order valence-corrected chi connectivity index (χ2v) is 4.49. The van der Waals surface area contributed by atoms with E-state index in [4.69, 9.17) is 5.11 Å². The first-order valence-electron chi connectivity index (χ1n) is 4.69. The Hall–Kier alpha value is -1.45. The topological polar surface area (TPSA) is 86.7 Å². The summed E-state index contributed by atoms with van der Waals surface area (Å²) in [5.74, 6) is -2.61. The molecule has 18 heavy (non-hydrogen) atoms. The first kappa shape index (κ1) is 14.6. The number of carboxylic acid groups (broad SMARTS) is 1. The Balaban J connectivity index is 2.72. The molecule has 102 valence electrons.